The lowest BCUT2D eigenvalue weighted by atomic mass is 10.1. The van der Waals surface area contributed by atoms with Crippen LogP contribution >= 0.6 is 0 Å². The van der Waals surface area contributed by atoms with Crippen molar-refractivity contribution in [3.8, 4) is 0 Å². The van der Waals surface area contributed by atoms with Gasteiger partial charge in [0.15, 0.2) is 0 Å². The number of carbonyl (C=O) groups is 1. The van der Waals surface area contributed by atoms with Gasteiger partial charge in [0.05, 0.1) is 6.10 Å². The van der Waals surface area contributed by atoms with Crippen LogP contribution in [0.5, 0.6) is 0 Å². The van der Waals surface area contributed by atoms with Crippen molar-refractivity contribution in [3.63, 3.8) is 0 Å². The van der Waals surface area contributed by atoms with Gasteiger partial charge >= 0.3 is 11.4 Å². The summed E-state index contributed by atoms with van der Waals surface area (Å²) in [4.78, 5) is 68.6. The van der Waals surface area contributed by atoms with Crippen molar-refractivity contribution in [1.29, 1.82) is 0 Å². The first kappa shape index (κ1) is 46.8. The molecule has 7 rings (SSSR count). The topological polar surface area (TPSA) is 232 Å². The van der Waals surface area contributed by atoms with Crippen LogP contribution in [0.1, 0.15) is 80.1 Å². The molecular formula is C45H67N15O4. The number of hydrogen-bond acceptors (Lipinski definition) is 16. The number of pyridine rings is 2. The minimum atomic E-state index is -0.324. The van der Waals surface area contributed by atoms with Crippen LogP contribution in [0.2, 0.25) is 0 Å². The van der Waals surface area contributed by atoms with Gasteiger partial charge in [-0.15, -0.1) is 0 Å². The molecule has 19 heteroatoms. The van der Waals surface area contributed by atoms with Crippen molar-refractivity contribution in [2.24, 2.45) is 11.5 Å². The van der Waals surface area contributed by atoms with E-state index in [-0.39, 0.29) is 23.4 Å². The number of aryl methyl sites for hydroxylation is 2. The molecule has 4 aromatic heterocycles. The van der Waals surface area contributed by atoms with E-state index in [1.807, 2.05) is 18.2 Å². The van der Waals surface area contributed by atoms with Gasteiger partial charge in [-0.25, -0.2) is 25.0 Å². The second kappa shape index (κ2) is 24.2. The monoisotopic (exact) mass is 882 g/mol. The Hall–Kier alpha value is -5.15. The van der Waals surface area contributed by atoms with Crippen molar-refractivity contribution >= 4 is 29.2 Å². The van der Waals surface area contributed by atoms with E-state index in [1.54, 1.807) is 57.0 Å². The van der Waals surface area contributed by atoms with E-state index in [0.29, 0.717) is 80.2 Å². The lowest BCUT2D eigenvalue weighted by Crippen LogP contribution is -2.40. The molecule has 19 nitrogen and oxygen atoms in total. The highest BCUT2D eigenvalue weighted by molar-refractivity contribution is 5.95. The number of anilines is 4. The van der Waals surface area contributed by atoms with Gasteiger partial charge in [0.1, 0.15) is 23.3 Å². The number of nitrogens with two attached hydrogens (primary N) is 2. The maximum absolute atomic E-state index is 13.4. The van der Waals surface area contributed by atoms with Crippen LogP contribution in [-0.2, 0) is 24.5 Å². The average Bonchev–Trinajstić information content (AvgIpc) is 3.78. The molecule has 0 bridgehead atoms. The van der Waals surface area contributed by atoms with Gasteiger partial charge in [0.25, 0.3) is 5.91 Å². The average molecular weight is 882 g/mol. The van der Waals surface area contributed by atoms with E-state index >= 15 is 0 Å². The van der Waals surface area contributed by atoms with E-state index in [9.17, 15) is 14.4 Å². The third kappa shape index (κ3) is 14.7. The van der Waals surface area contributed by atoms with Crippen molar-refractivity contribution in [2.75, 3.05) is 76.1 Å². The molecule has 3 aliphatic rings. The number of piperidine rings is 2. The highest BCUT2D eigenvalue weighted by Crippen LogP contribution is 2.19. The number of carbonyl (C=O) groups excluding carboxylic acids is 1. The number of rotatable bonds is 23. The highest BCUT2D eigenvalue weighted by Gasteiger charge is 2.28. The normalized spacial score (nSPS) is 17.8. The lowest BCUT2D eigenvalue weighted by Gasteiger charge is -2.29. The number of nitrogens with zero attached hydrogens (tertiary/aromatic N) is 9. The SMILES string of the molecule is NC1CCN(CCCCn2ccc(Nc3ccc(CNCCCNO[C@@H]4CCN(C(=O)c5ccnc(Nc6ccn(CCCCN7CCC(N)CC7)c(=O)n6)c5)C4)cn3)nc2=O)CC1. The summed E-state index contributed by atoms with van der Waals surface area (Å²) < 4.78 is 3.29. The van der Waals surface area contributed by atoms with Crippen LogP contribution in [-0.4, -0.2) is 133 Å². The van der Waals surface area contributed by atoms with Crippen LogP contribution in [0.15, 0.2) is 70.8 Å². The minimum absolute atomic E-state index is 0.104. The number of nitrogens with one attached hydrogen (secondary N) is 4. The number of hydrogen-bond donors (Lipinski definition) is 6. The molecule has 346 valence electrons. The highest BCUT2D eigenvalue weighted by atomic mass is 16.7. The molecule has 3 fully saturated rings. The quantitative estimate of drug-likeness (QED) is 0.0464. The largest absolute Gasteiger partial charge is 0.349 e. The molecular weight excluding hydrogens is 815 g/mol. The summed E-state index contributed by atoms with van der Waals surface area (Å²) in [6.45, 7) is 10.7. The summed E-state index contributed by atoms with van der Waals surface area (Å²) in [5.41, 5.74) is 16.0. The first-order valence-electron chi connectivity index (χ1n) is 23.2. The Balaban J connectivity index is 0.732. The molecule has 0 aromatic carbocycles. The first-order chi connectivity index (χ1) is 31.2. The molecule has 1 atom stereocenters. The van der Waals surface area contributed by atoms with Crippen LogP contribution in [0.25, 0.3) is 0 Å². The van der Waals surface area contributed by atoms with Crippen LogP contribution in [0.4, 0.5) is 23.3 Å². The standard InChI is InChI=1S/C45H67N15O4/c46-36-9-23-56(24-10-36)19-1-3-21-58-28-14-40(54-44(58)62)52-39-7-6-34(32-50-39)31-48-16-5-17-51-64-38-13-27-60(33-38)43(61)35-8-18-49-42(30-35)53-41-15-29-59(45(63)55-41)22-4-2-20-57-25-11-37(47)12-26-57/h6-8,14-15,18,28-30,32,36-38,48,51H,1-5,9-13,16-17,19-27,31,33,46-47H2,(H,49,53,55,63)(H,50,52,54,62)/t38-/m1/s1. The van der Waals surface area contributed by atoms with E-state index in [2.05, 4.69) is 51.2 Å². The lowest BCUT2D eigenvalue weighted by molar-refractivity contribution is -0.0182. The minimum Gasteiger partial charge on any atom is -0.336 e. The molecule has 0 saturated carbocycles. The molecule has 0 aliphatic carbocycles. The van der Waals surface area contributed by atoms with Gasteiger partial charge in [0, 0.05) is 81.7 Å². The van der Waals surface area contributed by atoms with Crippen LogP contribution in [0, 0.1) is 0 Å². The third-order valence-electron chi connectivity index (χ3n) is 12.2. The van der Waals surface area contributed by atoms with Gasteiger partial charge in [-0.3, -0.25) is 18.8 Å². The Kier molecular flexibility index (Phi) is 17.7. The number of unbranched alkanes of at least 4 members (excludes halogenated alkanes) is 2. The first-order valence-corrected chi connectivity index (χ1v) is 23.2. The predicted octanol–water partition coefficient (Wildman–Crippen LogP) is 2.40. The molecule has 0 unspecified atom stereocenters. The molecule has 0 spiro atoms. The van der Waals surface area contributed by atoms with E-state index in [4.69, 9.17) is 16.3 Å². The summed E-state index contributed by atoms with van der Waals surface area (Å²) in [5, 5.41) is 9.65. The maximum Gasteiger partial charge on any atom is 0.349 e. The molecule has 0 radical (unpaired) electrons. The smallest absolute Gasteiger partial charge is 0.336 e. The van der Waals surface area contributed by atoms with E-state index in [1.165, 1.54) is 0 Å². The fourth-order valence-corrected chi connectivity index (χ4v) is 8.31. The molecule has 3 saturated heterocycles. The zero-order valence-electron chi connectivity index (χ0n) is 37.1. The predicted molar refractivity (Wildman–Crippen MR) is 248 cm³/mol. The molecule has 1 amide bonds. The third-order valence-corrected chi connectivity index (χ3v) is 12.2. The maximum atomic E-state index is 13.4. The number of likely N-dealkylation sites (tertiary alicyclic amines) is 3. The Morgan fingerprint density at radius 2 is 1.28 bits per heavy atom. The second-order valence-corrected chi connectivity index (χ2v) is 17.3. The number of hydroxylamine groups is 1. The van der Waals surface area contributed by atoms with E-state index < -0.39 is 0 Å². The summed E-state index contributed by atoms with van der Waals surface area (Å²) in [5.74, 6) is 1.81. The van der Waals surface area contributed by atoms with Gasteiger partial charge in [-0.1, -0.05) is 6.07 Å². The van der Waals surface area contributed by atoms with E-state index in [0.717, 1.165) is 116 Å². The Morgan fingerprint density at radius 3 is 1.88 bits per heavy atom. The second-order valence-electron chi connectivity index (χ2n) is 17.3. The molecule has 3 aliphatic heterocycles. The number of amides is 1. The van der Waals surface area contributed by atoms with Gasteiger partial charge < -0.3 is 42.1 Å². The fourth-order valence-electron chi connectivity index (χ4n) is 8.31. The van der Waals surface area contributed by atoms with Crippen molar-refractivity contribution in [3.05, 3.63) is 93.3 Å². The molecule has 8 N–H and O–H groups in total. The molecule has 7 heterocycles. The summed E-state index contributed by atoms with van der Waals surface area (Å²) in [6, 6.07) is 11.5. The summed E-state index contributed by atoms with van der Waals surface area (Å²) in [6.07, 6.45) is 16.5. The zero-order valence-corrected chi connectivity index (χ0v) is 37.1. The zero-order chi connectivity index (χ0) is 44.5. The van der Waals surface area contributed by atoms with Crippen molar-refractivity contribution < 1.29 is 9.63 Å². The van der Waals surface area contributed by atoms with Crippen molar-refractivity contribution in [2.45, 2.75) is 102 Å². The molecule has 64 heavy (non-hydrogen) atoms. The Bertz CT molecular complexity index is 2170. The molecule has 4 aromatic rings. The fraction of sp³-hybridized carbons (Fsp3) is 0.578. The van der Waals surface area contributed by atoms with Gasteiger partial charge in [0.2, 0.25) is 0 Å². The Morgan fingerprint density at radius 1 is 0.672 bits per heavy atom. The summed E-state index contributed by atoms with van der Waals surface area (Å²) in [7, 11) is 0. The van der Waals surface area contributed by atoms with Crippen LogP contribution in [0.3, 0.4) is 0 Å². The van der Waals surface area contributed by atoms with Crippen molar-refractivity contribution in [1.82, 2.24) is 54.6 Å². The van der Waals surface area contributed by atoms with Gasteiger partial charge in [-0.05, 0) is 146 Å². The summed E-state index contributed by atoms with van der Waals surface area (Å²) >= 11 is 0. The van der Waals surface area contributed by atoms with Crippen LogP contribution < -0.4 is 44.3 Å². The number of aromatic nitrogens is 6. The van der Waals surface area contributed by atoms with Gasteiger partial charge in [-0.2, -0.15) is 9.97 Å². The Labute approximate surface area is 375 Å².